The van der Waals surface area contributed by atoms with Crippen LogP contribution in [-0.4, -0.2) is 65.6 Å². The Morgan fingerprint density at radius 3 is 2.68 bits per heavy atom. The second-order valence-corrected chi connectivity index (χ2v) is 10.4. The van der Waals surface area contributed by atoms with Crippen LogP contribution in [0.2, 0.25) is 0 Å². The molecule has 4 heterocycles. The molecule has 4 aliphatic rings. The Bertz CT molecular complexity index is 1120. The van der Waals surface area contributed by atoms with Crippen molar-refractivity contribution in [3.05, 3.63) is 48.3 Å². The topological polar surface area (TPSA) is 38.4 Å². The van der Waals surface area contributed by atoms with Crippen molar-refractivity contribution in [2.75, 3.05) is 44.7 Å². The van der Waals surface area contributed by atoms with Gasteiger partial charge in [-0.1, -0.05) is 12.1 Å². The number of likely N-dealkylation sites (tertiary alicyclic amines) is 1. The molecule has 31 heavy (non-hydrogen) atoms. The first-order chi connectivity index (χ1) is 15.2. The van der Waals surface area contributed by atoms with Crippen LogP contribution in [0, 0.1) is 11.3 Å². The molecule has 2 aromatic heterocycles. The highest BCUT2D eigenvalue weighted by atomic mass is 15.3. The van der Waals surface area contributed by atoms with E-state index in [-0.39, 0.29) is 0 Å². The molecular weight excluding hydrogens is 382 g/mol. The summed E-state index contributed by atoms with van der Waals surface area (Å²) in [6, 6.07) is 14.3. The van der Waals surface area contributed by atoms with E-state index in [9.17, 15) is 0 Å². The number of likely N-dealkylation sites (N-methyl/N-ethyl adjacent to an activating group) is 1. The van der Waals surface area contributed by atoms with Crippen LogP contribution in [0.5, 0.6) is 0 Å². The van der Waals surface area contributed by atoms with Gasteiger partial charge in [-0.3, -0.25) is 9.88 Å². The number of piperazine rings is 1. The predicted molar refractivity (Wildman–Crippen MR) is 125 cm³/mol. The maximum Gasteiger partial charge on any atom is 0.0795 e. The SMILES string of the molecule is CN1CCN(c2ccc(-c3nccc4[nH]c(CN5CC67CC6CCC57)cc34)cc2)CC1. The van der Waals surface area contributed by atoms with Crippen LogP contribution >= 0.6 is 0 Å². The van der Waals surface area contributed by atoms with E-state index < -0.39 is 0 Å². The van der Waals surface area contributed by atoms with E-state index in [1.54, 1.807) is 0 Å². The molecule has 3 atom stereocenters. The minimum atomic E-state index is 0.740. The molecule has 1 aromatic carbocycles. The average Bonchev–Trinajstić information content (AvgIpc) is 3.24. The van der Waals surface area contributed by atoms with Gasteiger partial charge in [0.2, 0.25) is 0 Å². The lowest BCUT2D eigenvalue weighted by Gasteiger charge is -2.47. The zero-order chi connectivity index (χ0) is 20.6. The molecule has 2 aliphatic heterocycles. The second kappa shape index (κ2) is 6.57. The highest BCUT2D eigenvalue weighted by Gasteiger charge is 2.70. The zero-order valence-corrected chi connectivity index (χ0v) is 18.3. The molecule has 7 rings (SSSR count). The number of aromatic nitrogens is 2. The van der Waals surface area contributed by atoms with Crippen LogP contribution in [0.4, 0.5) is 5.69 Å². The number of benzene rings is 1. The molecule has 1 spiro atoms. The van der Waals surface area contributed by atoms with Crippen molar-refractivity contribution in [2.24, 2.45) is 11.3 Å². The highest BCUT2D eigenvalue weighted by Crippen LogP contribution is 2.70. The molecule has 5 nitrogen and oxygen atoms in total. The Morgan fingerprint density at radius 1 is 1.06 bits per heavy atom. The smallest absolute Gasteiger partial charge is 0.0795 e. The molecule has 3 aromatic rings. The summed E-state index contributed by atoms with van der Waals surface area (Å²) in [5, 5.41) is 1.25. The van der Waals surface area contributed by atoms with Crippen molar-refractivity contribution in [2.45, 2.75) is 31.8 Å². The molecule has 5 heteroatoms. The van der Waals surface area contributed by atoms with Gasteiger partial charge < -0.3 is 14.8 Å². The molecule has 3 unspecified atom stereocenters. The monoisotopic (exact) mass is 413 g/mol. The number of H-pyrrole nitrogens is 1. The number of fused-ring (bicyclic) bond motifs is 1. The standard InChI is InChI=1S/C26H31N5/c1-29-10-12-30(13-11-29)21-5-2-18(3-6-21)25-22-14-20(28-23(22)8-9-27-25)16-31-17-26-15-19(26)4-7-24(26)31/h2-3,5-6,8-9,14,19,24,28H,4,7,10-13,15-17H2,1H3. The Balaban J connectivity index is 1.13. The predicted octanol–water partition coefficient (Wildman–Crippen LogP) is 3.97. The van der Waals surface area contributed by atoms with Crippen molar-refractivity contribution < 1.29 is 0 Å². The molecule has 2 aliphatic carbocycles. The number of pyridine rings is 1. The first-order valence-corrected chi connectivity index (χ1v) is 11.9. The third-order valence-electron chi connectivity index (χ3n) is 8.66. The van der Waals surface area contributed by atoms with Crippen LogP contribution in [0.15, 0.2) is 42.6 Å². The van der Waals surface area contributed by atoms with Crippen molar-refractivity contribution >= 4 is 16.6 Å². The van der Waals surface area contributed by atoms with Gasteiger partial charge in [0.05, 0.1) is 5.69 Å². The van der Waals surface area contributed by atoms with Crippen LogP contribution in [0.25, 0.3) is 22.2 Å². The summed E-state index contributed by atoms with van der Waals surface area (Å²) in [7, 11) is 2.20. The van der Waals surface area contributed by atoms with Crippen LogP contribution in [-0.2, 0) is 6.54 Å². The highest BCUT2D eigenvalue weighted by molar-refractivity contribution is 5.93. The normalized spacial score (nSPS) is 30.3. The Morgan fingerprint density at radius 2 is 1.90 bits per heavy atom. The lowest BCUT2D eigenvalue weighted by atomic mass is 9.86. The fourth-order valence-electron chi connectivity index (χ4n) is 6.77. The molecule has 2 saturated carbocycles. The number of rotatable bonds is 4. The van der Waals surface area contributed by atoms with E-state index >= 15 is 0 Å². The van der Waals surface area contributed by atoms with Gasteiger partial charge in [0.1, 0.15) is 0 Å². The largest absolute Gasteiger partial charge is 0.369 e. The number of anilines is 1. The van der Waals surface area contributed by atoms with Crippen molar-refractivity contribution in [3.8, 4) is 11.3 Å². The van der Waals surface area contributed by atoms with Gasteiger partial charge in [-0.2, -0.15) is 0 Å². The van der Waals surface area contributed by atoms with E-state index in [0.29, 0.717) is 0 Å². The fourth-order valence-corrected chi connectivity index (χ4v) is 6.77. The summed E-state index contributed by atoms with van der Waals surface area (Å²) < 4.78 is 0. The molecule has 0 radical (unpaired) electrons. The third kappa shape index (κ3) is 2.79. The molecular formula is C26H31N5. The first-order valence-electron chi connectivity index (χ1n) is 11.9. The van der Waals surface area contributed by atoms with Crippen molar-refractivity contribution in [3.63, 3.8) is 0 Å². The molecule has 4 fully saturated rings. The Labute approximate surface area is 184 Å². The number of hydrogen-bond acceptors (Lipinski definition) is 4. The van der Waals surface area contributed by atoms with E-state index in [2.05, 4.69) is 63.1 Å². The number of nitrogens with one attached hydrogen (secondary N) is 1. The Kier molecular flexibility index (Phi) is 3.86. The van der Waals surface area contributed by atoms with E-state index in [4.69, 9.17) is 4.98 Å². The maximum absolute atomic E-state index is 4.77. The average molecular weight is 414 g/mol. The molecule has 2 saturated heterocycles. The number of aromatic amines is 1. The van der Waals surface area contributed by atoms with Crippen molar-refractivity contribution in [1.29, 1.82) is 0 Å². The summed E-state index contributed by atoms with van der Waals surface area (Å²) in [6.45, 7) is 6.84. The minimum absolute atomic E-state index is 0.740. The van der Waals surface area contributed by atoms with Crippen LogP contribution in [0.1, 0.15) is 25.0 Å². The molecule has 0 amide bonds. The van der Waals surface area contributed by atoms with E-state index in [0.717, 1.165) is 55.8 Å². The lowest BCUT2D eigenvalue weighted by molar-refractivity contribution is -0.00259. The summed E-state index contributed by atoms with van der Waals surface area (Å²) in [6.07, 6.45) is 6.32. The lowest BCUT2D eigenvalue weighted by Crippen LogP contribution is -2.55. The van der Waals surface area contributed by atoms with E-state index in [1.165, 1.54) is 53.7 Å². The van der Waals surface area contributed by atoms with Gasteiger partial charge in [0.25, 0.3) is 0 Å². The summed E-state index contributed by atoms with van der Waals surface area (Å²) in [5.74, 6) is 1.06. The first kappa shape index (κ1) is 18.2. The zero-order valence-electron chi connectivity index (χ0n) is 18.3. The maximum atomic E-state index is 4.77. The number of hydrogen-bond donors (Lipinski definition) is 1. The van der Waals surface area contributed by atoms with Gasteiger partial charge in [-0.15, -0.1) is 0 Å². The van der Waals surface area contributed by atoms with Gasteiger partial charge >= 0.3 is 0 Å². The van der Waals surface area contributed by atoms with Gasteiger partial charge in [-0.25, -0.2) is 0 Å². The van der Waals surface area contributed by atoms with E-state index in [1.807, 2.05) is 6.20 Å². The fraction of sp³-hybridized carbons (Fsp3) is 0.500. The summed E-state index contributed by atoms with van der Waals surface area (Å²) in [4.78, 5) is 16.0. The van der Waals surface area contributed by atoms with Gasteiger partial charge in [-0.05, 0) is 56.5 Å². The van der Waals surface area contributed by atoms with Crippen LogP contribution in [0.3, 0.4) is 0 Å². The van der Waals surface area contributed by atoms with Gasteiger partial charge in [0.15, 0.2) is 0 Å². The van der Waals surface area contributed by atoms with Crippen molar-refractivity contribution in [1.82, 2.24) is 19.8 Å². The Hall–Kier alpha value is -2.37. The quantitative estimate of drug-likeness (QED) is 0.703. The number of nitrogens with zero attached hydrogens (tertiary/aromatic N) is 4. The molecule has 0 bridgehead atoms. The van der Waals surface area contributed by atoms with Crippen LogP contribution < -0.4 is 4.90 Å². The molecule has 160 valence electrons. The summed E-state index contributed by atoms with van der Waals surface area (Å²) in [5.41, 5.74) is 6.89. The molecule has 1 N–H and O–H groups in total. The minimum Gasteiger partial charge on any atom is -0.369 e. The summed E-state index contributed by atoms with van der Waals surface area (Å²) >= 11 is 0. The second-order valence-electron chi connectivity index (χ2n) is 10.4. The third-order valence-corrected chi connectivity index (χ3v) is 8.66. The van der Waals surface area contributed by atoms with Gasteiger partial charge in [0, 0.05) is 84.8 Å².